The minimum Gasteiger partial charge on any atom is -0.497 e. The summed E-state index contributed by atoms with van der Waals surface area (Å²) >= 11 is 0. The molecule has 0 unspecified atom stereocenters. The van der Waals surface area contributed by atoms with Crippen LogP contribution in [0.5, 0.6) is 11.5 Å². The van der Waals surface area contributed by atoms with E-state index in [1.165, 1.54) is 0 Å². The maximum Gasteiger partial charge on any atom is 0.266 e. The topological polar surface area (TPSA) is 101 Å². The number of aliphatic hydroxyl groups excluding tert-OH is 1. The Morgan fingerprint density at radius 3 is 2.68 bits per heavy atom. The van der Waals surface area contributed by atoms with Crippen molar-refractivity contribution < 1.29 is 24.1 Å². The van der Waals surface area contributed by atoms with Gasteiger partial charge in [-0.05, 0) is 55.8 Å². The molecule has 0 fully saturated rings. The monoisotopic (exact) mass is 467 g/mol. The van der Waals surface area contributed by atoms with Gasteiger partial charge < -0.3 is 19.3 Å². The van der Waals surface area contributed by atoms with Gasteiger partial charge in [0, 0.05) is 31.1 Å². The lowest BCUT2D eigenvalue weighted by Gasteiger charge is -2.30. The zero-order valence-corrected chi connectivity index (χ0v) is 19.9. The molecular formula is C26H33N3O5. The number of ether oxygens (including phenoxy) is 3. The number of aliphatic imine (C=N–C) groups is 1. The summed E-state index contributed by atoms with van der Waals surface area (Å²) in [5.41, 5.74) is 5.99. The molecule has 0 radical (unpaired) electrons. The van der Waals surface area contributed by atoms with E-state index in [4.69, 9.17) is 24.3 Å². The average Bonchev–Trinajstić information content (AvgIpc) is 3.24. The van der Waals surface area contributed by atoms with Gasteiger partial charge in [0.2, 0.25) is 5.90 Å². The van der Waals surface area contributed by atoms with Crippen molar-refractivity contribution in [2.75, 3.05) is 20.3 Å². The number of amides is 1. The van der Waals surface area contributed by atoms with E-state index in [9.17, 15) is 4.79 Å². The van der Waals surface area contributed by atoms with Gasteiger partial charge in [-0.2, -0.15) is 0 Å². The highest BCUT2D eigenvalue weighted by molar-refractivity contribution is 6.01. The molecule has 3 rings (SSSR count). The summed E-state index contributed by atoms with van der Waals surface area (Å²) in [5.74, 6) is 1.38. The predicted octanol–water partition coefficient (Wildman–Crippen LogP) is 3.32. The molecule has 0 aliphatic carbocycles. The Bertz CT molecular complexity index is 1010. The van der Waals surface area contributed by atoms with Crippen molar-refractivity contribution in [3.63, 3.8) is 0 Å². The Morgan fingerprint density at radius 2 is 2.03 bits per heavy atom. The van der Waals surface area contributed by atoms with Crippen molar-refractivity contribution >= 4 is 11.8 Å². The molecule has 2 aromatic carbocycles. The summed E-state index contributed by atoms with van der Waals surface area (Å²) in [4.78, 5) is 18.3. The molecule has 8 heteroatoms. The SMILES string of the molecule is C=CC[C@]1(C(=O)NNC(C)C)N=C(c2ccc(OCCCO)cc2)O[C@H]1c1cccc(OC)c1. The molecule has 1 heterocycles. The Labute approximate surface area is 200 Å². The number of hydrogen-bond donors (Lipinski definition) is 3. The van der Waals surface area contributed by atoms with Gasteiger partial charge in [0.25, 0.3) is 5.91 Å². The van der Waals surface area contributed by atoms with E-state index >= 15 is 0 Å². The molecule has 2 aromatic rings. The molecule has 0 saturated carbocycles. The largest absolute Gasteiger partial charge is 0.497 e. The molecule has 182 valence electrons. The normalized spacial score (nSPS) is 19.3. The number of nitrogens with zero attached hydrogens (tertiary/aromatic N) is 1. The van der Waals surface area contributed by atoms with Crippen LogP contribution in [0, 0.1) is 0 Å². The maximum atomic E-state index is 13.5. The number of hydrogen-bond acceptors (Lipinski definition) is 7. The van der Waals surface area contributed by atoms with Crippen molar-refractivity contribution in [3.05, 3.63) is 72.3 Å². The molecular weight excluding hydrogens is 434 g/mol. The van der Waals surface area contributed by atoms with Crippen molar-refractivity contribution in [2.24, 2.45) is 4.99 Å². The van der Waals surface area contributed by atoms with Crippen LogP contribution in [-0.2, 0) is 9.53 Å². The Hall–Kier alpha value is -3.36. The van der Waals surface area contributed by atoms with Gasteiger partial charge in [-0.1, -0.05) is 18.2 Å². The third-order valence-electron chi connectivity index (χ3n) is 5.36. The van der Waals surface area contributed by atoms with E-state index in [1.807, 2.05) is 62.4 Å². The van der Waals surface area contributed by atoms with E-state index in [0.29, 0.717) is 30.4 Å². The zero-order valence-electron chi connectivity index (χ0n) is 19.9. The smallest absolute Gasteiger partial charge is 0.266 e. The summed E-state index contributed by atoms with van der Waals surface area (Å²) in [6, 6.07) is 14.8. The standard InChI is InChI=1S/C26H33N3O5/c1-5-14-26(25(31)29-28-18(2)3)23(20-8-6-9-22(17-20)32-4)34-24(27-26)19-10-12-21(13-11-19)33-16-7-15-30/h5-6,8-13,17-18,23,28,30H,1,7,14-16H2,2-4H3,(H,29,31)/t23-,26-/m0/s1. The first-order valence-electron chi connectivity index (χ1n) is 11.3. The Kier molecular flexibility index (Phi) is 8.67. The first-order chi connectivity index (χ1) is 16.4. The van der Waals surface area contributed by atoms with Crippen LogP contribution in [0.25, 0.3) is 0 Å². The molecule has 0 saturated heterocycles. The summed E-state index contributed by atoms with van der Waals surface area (Å²) in [5, 5.41) is 8.93. The van der Waals surface area contributed by atoms with Gasteiger partial charge in [-0.3, -0.25) is 10.2 Å². The number of benzene rings is 2. The van der Waals surface area contributed by atoms with E-state index in [2.05, 4.69) is 17.4 Å². The molecule has 1 amide bonds. The maximum absolute atomic E-state index is 13.5. The van der Waals surface area contributed by atoms with E-state index in [0.717, 1.165) is 11.1 Å². The lowest BCUT2D eigenvalue weighted by atomic mass is 9.84. The van der Waals surface area contributed by atoms with Crippen LogP contribution in [-0.4, -0.2) is 48.8 Å². The van der Waals surface area contributed by atoms with Crippen molar-refractivity contribution in [1.29, 1.82) is 0 Å². The number of hydrazine groups is 1. The van der Waals surface area contributed by atoms with E-state index < -0.39 is 11.6 Å². The highest BCUT2D eigenvalue weighted by Gasteiger charge is 2.52. The molecule has 1 aliphatic rings. The number of rotatable bonds is 12. The van der Waals surface area contributed by atoms with Gasteiger partial charge >= 0.3 is 0 Å². The zero-order chi connectivity index (χ0) is 24.6. The molecule has 2 atom stereocenters. The highest BCUT2D eigenvalue weighted by atomic mass is 16.5. The van der Waals surface area contributed by atoms with E-state index in [1.54, 1.807) is 13.2 Å². The summed E-state index contributed by atoms with van der Waals surface area (Å²) < 4.78 is 17.4. The van der Waals surface area contributed by atoms with Gasteiger partial charge in [-0.15, -0.1) is 6.58 Å². The van der Waals surface area contributed by atoms with Gasteiger partial charge in [0.1, 0.15) is 11.5 Å². The molecule has 0 spiro atoms. The van der Waals surface area contributed by atoms with Crippen LogP contribution in [0.3, 0.4) is 0 Å². The average molecular weight is 468 g/mol. The van der Waals surface area contributed by atoms with Crippen LogP contribution < -0.4 is 20.3 Å². The van der Waals surface area contributed by atoms with Gasteiger partial charge in [0.15, 0.2) is 11.6 Å². The predicted molar refractivity (Wildman–Crippen MR) is 131 cm³/mol. The number of nitrogens with one attached hydrogen (secondary N) is 2. The second-order valence-corrected chi connectivity index (χ2v) is 8.31. The third-order valence-corrected chi connectivity index (χ3v) is 5.36. The number of carbonyl (C=O) groups is 1. The van der Waals surface area contributed by atoms with Crippen molar-refractivity contribution in [2.45, 2.75) is 44.4 Å². The molecule has 8 nitrogen and oxygen atoms in total. The molecule has 3 N–H and O–H groups in total. The van der Waals surface area contributed by atoms with Crippen LogP contribution in [0.1, 0.15) is 43.9 Å². The van der Waals surface area contributed by atoms with Crippen LogP contribution in [0.15, 0.2) is 66.2 Å². The fraction of sp³-hybridized carbons (Fsp3) is 0.385. The molecule has 0 bridgehead atoms. The fourth-order valence-corrected chi connectivity index (χ4v) is 3.66. The second-order valence-electron chi connectivity index (χ2n) is 8.31. The quantitative estimate of drug-likeness (QED) is 0.252. The van der Waals surface area contributed by atoms with Crippen LogP contribution >= 0.6 is 0 Å². The number of aliphatic hydroxyl groups is 1. The van der Waals surface area contributed by atoms with Crippen LogP contribution in [0.4, 0.5) is 0 Å². The minimum atomic E-state index is -1.26. The third kappa shape index (κ3) is 5.76. The van der Waals surface area contributed by atoms with Crippen LogP contribution in [0.2, 0.25) is 0 Å². The molecule has 0 aromatic heterocycles. The Balaban J connectivity index is 1.98. The van der Waals surface area contributed by atoms with Crippen molar-refractivity contribution in [3.8, 4) is 11.5 Å². The fourth-order valence-electron chi connectivity index (χ4n) is 3.66. The minimum absolute atomic E-state index is 0.0455. The second kappa shape index (κ2) is 11.7. The van der Waals surface area contributed by atoms with Gasteiger partial charge in [-0.25, -0.2) is 10.4 Å². The highest BCUT2D eigenvalue weighted by Crippen LogP contribution is 2.43. The van der Waals surface area contributed by atoms with E-state index in [-0.39, 0.29) is 25.0 Å². The summed E-state index contributed by atoms with van der Waals surface area (Å²) in [6.07, 6.45) is 1.82. The number of carbonyl (C=O) groups excluding carboxylic acids is 1. The Morgan fingerprint density at radius 1 is 1.26 bits per heavy atom. The molecule has 1 aliphatic heterocycles. The van der Waals surface area contributed by atoms with Crippen molar-refractivity contribution in [1.82, 2.24) is 10.9 Å². The summed E-state index contributed by atoms with van der Waals surface area (Å²) in [6.45, 7) is 8.24. The lowest BCUT2D eigenvalue weighted by Crippen LogP contribution is -2.54. The van der Waals surface area contributed by atoms with Gasteiger partial charge in [0.05, 0.1) is 13.7 Å². The first-order valence-corrected chi connectivity index (χ1v) is 11.3. The molecule has 34 heavy (non-hydrogen) atoms. The summed E-state index contributed by atoms with van der Waals surface area (Å²) in [7, 11) is 1.59. The number of methoxy groups -OCH3 is 1. The first kappa shape index (κ1) is 25.3. The lowest BCUT2D eigenvalue weighted by molar-refractivity contribution is -0.130.